The number of anilines is 1. The number of carboxylic acid groups (broad SMARTS) is 1. The summed E-state index contributed by atoms with van der Waals surface area (Å²) in [7, 11) is 0. The van der Waals surface area contributed by atoms with E-state index in [9.17, 15) is 9.59 Å². The number of aromatic carboxylic acids is 1. The van der Waals surface area contributed by atoms with Gasteiger partial charge in [-0.1, -0.05) is 13.3 Å². The van der Waals surface area contributed by atoms with Crippen LogP contribution < -0.4 is 5.73 Å². The van der Waals surface area contributed by atoms with E-state index in [1.807, 2.05) is 6.92 Å². The Hall–Kier alpha value is -2.04. The molecule has 0 saturated carbocycles. The molecule has 0 saturated heterocycles. The van der Waals surface area contributed by atoms with Gasteiger partial charge < -0.3 is 15.6 Å². The highest BCUT2D eigenvalue weighted by atomic mass is 16.5. The van der Waals surface area contributed by atoms with Crippen molar-refractivity contribution in [2.75, 3.05) is 12.3 Å². The Morgan fingerprint density at radius 3 is 2.53 bits per heavy atom. The van der Waals surface area contributed by atoms with Crippen LogP contribution in [0.1, 0.15) is 51.6 Å². The number of esters is 1. The lowest BCUT2D eigenvalue weighted by Crippen LogP contribution is -2.14. The molecule has 0 fully saturated rings. The number of rotatable bonds is 5. The zero-order valence-corrected chi connectivity index (χ0v) is 11.4. The number of hydrogen-bond acceptors (Lipinski definition) is 4. The third-order valence-electron chi connectivity index (χ3n) is 2.99. The van der Waals surface area contributed by atoms with Gasteiger partial charge in [-0.3, -0.25) is 0 Å². The highest BCUT2D eigenvalue weighted by Crippen LogP contribution is 2.25. The Balaban J connectivity index is 3.12. The van der Waals surface area contributed by atoms with Crippen molar-refractivity contribution in [3.05, 3.63) is 28.3 Å². The Labute approximate surface area is 112 Å². The van der Waals surface area contributed by atoms with E-state index in [-0.39, 0.29) is 11.3 Å². The smallest absolute Gasteiger partial charge is 0.338 e. The van der Waals surface area contributed by atoms with Crippen LogP contribution in [0.4, 0.5) is 5.69 Å². The van der Waals surface area contributed by atoms with Gasteiger partial charge in [0.25, 0.3) is 0 Å². The number of benzene rings is 1. The monoisotopic (exact) mass is 265 g/mol. The maximum absolute atomic E-state index is 12.0. The molecule has 0 spiro atoms. The van der Waals surface area contributed by atoms with Crippen molar-refractivity contribution in [2.24, 2.45) is 0 Å². The van der Waals surface area contributed by atoms with Gasteiger partial charge in [-0.15, -0.1) is 0 Å². The van der Waals surface area contributed by atoms with Crippen molar-refractivity contribution in [1.82, 2.24) is 0 Å². The Bertz CT molecular complexity index is 509. The van der Waals surface area contributed by atoms with Crippen LogP contribution in [0.2, 0.25) is 0 Å². The standard InChI is InChI=1S/C14H19NO4/c1-4-5-6-19-14(18)11-8(2)7-10(13(16)17)12(15)9(11)3/h7H,4-6,15H2,1-3H3,(H,16,17). The molecule has 5 nitrogen and oxygen atoms in total. The van der Waals surface area contributed by atoms with Gasteiger partial charge in [0.05, 0.1) is 17.7 Å². The summed E-state index contributed by atoms with van der Waals surface area (Å²) < 4.78 is 5.14. The minimum atomic E-state index is -1.10. The van der Waals surface area contributed by atoms with Crippen LogP contribution in [0, 0.1) is 13.8 Å². The predicted octanol–water partition coefficient (Wildman–Crippen LogP) is 2.54. The summed E-state index contributed by atoms with van der Waals surface area (Å²) in [6, 6.07) is 1.40. The second-order valence-corrected chi connectivity index (χ2v) is 4.45. The summed E-state index contributed by atoms with van der Waals surface area (Å²) in [5.41, 5.74) is 7.26. The van der Waals surface area contributed by atoms with Crippen LogP contribution in [0.3, 0.4) is 0 Å². The predicted molar refractivity (Wildman–Crippen MR) is 72.5 cm³/mol. The molecule has 0 heterocycles. The number of ether oxygens (including phenoxy) is 1. The molecule has 0 aromatic heterocycles. The molecule has 0 aliphatic rings. The number of carbonyl (C=O) groups is 2. The van der Waals surface area contributed by atoms with Gasteiger partial charge in [-0.2, -0.15) is 0 Å². The zero-order valence-electron chi connectivity index (χ0n) is 11.4. The molecule has 5 heteroatoms. The molecule has 104 valence electrons. The molecule has 19 heavy (non-hydrogen) atoms. The fourth-order valence-electron chi connectivity index (χ4n) is 1.87. The molecule has 1 aromatic rings. The minimum Gasteiger partial charge on any atom is -0.478 e. The summed E-state index contributed by atoms with van der Waals surface area (Å²) in [6.07, 6.45) is 1.73. The van der Waals surface area contributed by atoms with Gasteiger partial charge in [0, 0.05) is 5.69 Å². The van der Waals surface area contributed by atoms with E-state index in [1.54, 1.807) is 13.8 Å². The molecule has 0 bridgehead atoms. The Morgan fingerprint density at radius 2 is 2.00 bits per heavy atom. The van der Waals surface area contributed by atoms with Gasteiger partial charge >= 0.3 is 11.9 Å². The quantitative estimate of drug-likeness (QED) is 0.485. The Morgan fingerprint density at radius 1 is 1.37 bits per heavy atom. The maximum Gasteiger partial charge on any atom is 0.338 e. The average molecular weight is 265 g/mol. The molecule has 1 aromatic carbocycles. The van der Waals surface area contributed by atoms with E-state index in [0.29, 0.717) is 23.3 Å². The highest BCUT2D eigenvalue weighted by Gasteiger charge is 2.20. The molecule has 0 amide bonds. The van der Waals surface area contributed by atoms with E-state index in [2.05, 4.69) is 0 Å². The van der Waals surface area contributed by atoms with Crippen molar-refractivity contribution in [3.8, 4) is 0 Å². The summed E-state index contributed by atoms with van der Waals surface area (Å²) in [5.74, 6) is -1.55. The molecule has 3 N–H and O–H groups in total. The fourth-order valence-corrected chi connectivity index (χ4v) is 1.87. The van der Waals surface area contributed by atoms with Gasteiger partial charge in [-0.25, -0.2) is 9.59 Å². The zero-order chi connectivity index (χ0) is 14.6. The molecular formula is C14H19NO4. The molecule has 0 atom stereocenters. The highest BCUT2D eigenvalue weighted by molar-refractivity contribution is 6.00. The number of nitrogens with two attached hydrogens (primary N) is 1. The second kappa shape index (κ2) is 6.22. The Kier molecular flexibility index (Phi) is 4.92. The normalized spacial score (nSPS) is 10.3. The molecule has 0 unspecified atom stereocenters. The van der Waals surface area contributed by atoms with Crippen LogP contribution in [0.25, 0.3) is 0 Å². The van der Waals surface area contributed by atoms with Crippen molar-refractivity contribution in [1.29, 1.82) is 0 Å². The number of aryl methyl sites for hydroxylation is 1. The number of unbranched alkanes of at least 4 members (excludes halogenated alkanes) is 1. The van der Waals surface area contributed by atoms with Crippen molar-refractivity contribution in [2.45, 2.75) is 33.6 Å². The summed E-state index contributed by atoms with van der Waals surface area (Å²) in [4.78, 5) is 23.0. The average Bonchev–Trinajstić information content (AvgIpc) is 2.34. The number of carbonyl (C=O) groups excluding carboxylic acids is 1. The maximum atomic E-state index is 12.0. The van der Waals surface area contributed by atoms with Crippen LogP contribution in [0.5, 0.6) is 0 Å². The molecule has 0 radical (unpaired) electrons. The lowest BCUT2D eigenvalue weighted by Gasteiger charge is -2.13. The third kappa shape index (κ3) is 3.24. The first kappa shape index (κ1) is 15.0. The van der Waals surface area contributed by atoms with Crippen LogP contribution in [0.15, 0.2) is 6.07 Å². The van der Waals surface area contributed by atoms with Gasteiger partial charge in [0.1, 0.15) is 0 Å². The first-order chi connectivity index (χ1) is 8.90. The van der Waals surface area contributed by atoms with E-state index in [4.69, 9.17) is 15.6 Å². The largest absolute Gasteiger partial charge is 0.478 e. The minimum absolute atomic E-state index is 0.0140. The van der Waals surface area contributed by atoms with Crippen LogP contribution in [-0.4, -0.2) is 23.7 Å². The molecule has 1 rings (SSSR count). The fraction of sp³-hybridized carbons (Fsp3) is 0.429. The second-order valence-electron chi connectivity index (χ2n) is 4.45. The van der Waals surface area contributed by atoms with Gasteiger partial charge in [-0.05, 0) is 37.5 Å². The number of nitrogen functional groups attached to an aromatic ring is 1. The van der Waals surface area contributed by atoms with E-state index < -0.39 is 11.9 Å². The van der Waals surface area contributed by atoms with E-state index in [1.165, 1.54) is 6.07 Å². The SMILES string of the molecule is CCCCOC(=O)c1c(C)cc(C(=O)O)c(N)c1C. The van der Waals surface area contributed by atoms with Crippen LogP contribution in [-0.2, 0) is 4.74 Å². The summed E-state index contributed by atoms with van der Waals surface area (Å²) in [5, 5.41) is 9.02. The molecule has 0 aliphatic heterocycles. The summed E-state index contributed by atoms with van der Waals surface area (Å²) in [6.45, 7) is 5.67. The third-order valence-corrected chi connectivity index (χ3v) is 2.99. The van der Waals surface area contributed by atoms with Crippen LogP contribution >= 0.6 is 0 Å². The lowest BCUT2D eigenvalue weighted by atomic mass is 9.97. The molecule has 0 aliphatic carbocycles. The first-order valence-corrected chi connectivity index (χ1v) is 6.20. The van der Waals surface area contributed by atoms with Gasteiger partial charge in [0.15, 0.2) is 0 Å². The number of carboxylic acids is 1. The topological polar surface area (TPSA) is 89.6 Å². The molecular weight excluding hydrogens is 246 g/mol. The lowest BCUT2D eigenvalue weighted by molar-refractivity contribution is 0.0497. The van der Waals surface area contributed by atoms with E-state index in [0.717, 1.165) is 12.8 Å². The first-order valence-electron chi connectivity index (χ1n) is 6.20. The van der Waals surface area contributed by atoms with Gasteiger partial charge in [0.2, 0.25) is 0 Å². The van der Waals surface area contributed by atoms with Crippen molar-refractivity contribution in [3.63, 3.8) is 0 Å². The van der Waals surface area contributed by atoms with Crippen molar-refractivity contribution >= 4 is 17.6 Å². The summed E-state index contributed by atoms with van der Waals surface area (Å²) >= 11 is 0. The number of hydrogen-bond donors (Lipinski definition) is 2. The van der Waals surface area contributed by atoms with E-state index >= 15 is 0 Å². The van der Waals surface area contributed by atoms with Crippen molar-refractivity contribution < 1.29 is 19.4 Å².